The molecule has 0 amide bonds. The summed E-state index contributed by atoms with van der Waals surface area (Å²) < 4.78 is 10.7. The molecule has 4 nitrogen and oxygen atoms in total. The van der Waals surface area contributed by atoms with Crippen molar-refractivity contribution in [3.05, 3.63) is 48.1 Å². The molecule has 2 atom stereocenters. The molecule has 2 unspecified atom stereocenters. The third-order valence-electron chi connectivity index (χ3n) is 3.15. The van der Waals surface area contributed by atoms with E-state index in [0.717, 1.165) is 16.8 Å². The highest BCUT2D eigenvalue weighted by molar-refractivity contribution is 5.76. The first-order valence-electron chi connectivity index (χ1n) is 5.73. The predicted octanol–water partition coefficient (Wildman–Crippen LogP) is 1.54. The molecule has 4 heteroatoms. The van der Waals surface area contributed by atoms with E-state index in [1.54, 1.807) is 14.2 Å². The summed E-state index contributed by atoms with van der Waals surface area (Å²) in [5.74, 6) is 0. The quantitative estimate of drug-likeness (QED) is 0.627. The van der Waals surface area contributed by atoms with Crippen LogP contribution in [0.5, 0.6) is 0 Å². The maximum atomic E-state index is 6.08. The smallest absolute Gasteiger partial charge is 0.165 e. The van der Waals surface area contributed by atoms with Crippen LogP contribution in [-0.4, -0.2) is 26.0 Å². The van der Waals surface area contributed by atoms with Gasteiger partial charge in [0.05, 0.1) is 0 Å². The summed E-state index contributed by atoms with van der Waals surface area (Å²) in [4.78, 5) is 0. The van der Waals surface area contributed by atoms with Crippen LogP contribution >= 0.6 is 0 Å². The zero-order chi connectivity index (χ0) is 13.2. The number of hydrogen-bond acceptors (Lipinski definition) is 4. The molecule has 0 fully saturated rings. The van der Waals surface area contributed by atoms with E-state index < -0.39 is 5.72 Å². The van der Waals surface area contributed by atoms with Crippen molar-refractivity contribution in [1.29, 1.82) is 0 Å². The van der Waals surface area contributed by atoms with E-state index in [1.165, 1.54) is 0 Å². The van der Waals surface area contributed by atoms with E-state index in [2.05, 4.69) is 0 Å². The Hall–Kier alpha value is -1.62. The molecular formula is C14H18N2O2. The van der Waals surface area contributed by atoms with Crippen molar-refractivity contribution in [2.75, 3.05) is 20.0 Å². The SMILES string of the molecule is COC1C=C(c2ccc(N)cc2)C=CC1(N)OC. The van der Waals surface area contributed by atoms with Gasteiger partial charge in [0.1, 0.15) is 6.10 Å². The van der Waals surface area contributed by atoms with Crippen LogP contribution in [-0.2, 0) is 9.47 Å². The number of rotatable bonds is 3. The Bertz CT molecular complexity index is 479. The molecule has 0 aliphatic heterocycles. The molecule has 1 aliphatic carbocycles. The molecule has 0 bridgehead atoms. The second-order valence-corrected chi connectivity index (χ2v) is 4.29. The van der Waals surface area contributed by atoms with Crippen LogP contribution in [0.25, 0.3) is 5.57 Å². The van der Waals surface area contributed by atoms with Crippen LogP contribution in [0.15, 0.2) is 42.5 Å². The molecule has 0 aromatic heterocycles. The van der Waals surface area contributed by atoms with E-state index >= 15 is 0 Å². The number of methoxy groups -OCH3 is 2. The van der Waals surface area contributed by atoms with Crippen LogP contribution in [0.3, 0.4) is 0 Å². The molecule has 18 heavy (non-hydrogen) atoms. The third kappa shape index (κ3) is 2.31. The minimum atomic E-state index is -0.911. The number of ether oxygens (including phenoxy) is 2. The van der Waals surface area contributed by atoms with E-state index in [4.69, 9.17) is 20.9 Å². The van der Waals surface area contributed by atoms with E-state index in [1.807, 2.05) is 42.5 Å². The van der Waals surface area contributed by atoms with Crippen molar-refractivity contribution in [2.45, 2.75) is 11.8 Å². The summed E-state index contributed by atoms with van der Waals surface area (Å²) in [5.41, 5.74) is 13.7. The van der Waals surface area contributed by atoms with Gasteiger partial charge in [-0.15, -0.1) is 0 Å². The Morgan fingerprint density at radius 3 is 2.39 bits per heavy atom. The van der Waals surface area contributed by atoms with Gasteiger partial charge in [0.15, 0.2) is 5.72 Å². The van der Waals surface area contributed by atoms with Crippen LogP contribution in [0.1, 0.15) is 5.56 Å². The molecule has 96 valence electrons. The summed E-state index contributed by atoms with van der Waals surface area (Å²) >= 11 is 0. The van der Waals surface area contributed by atoms with Gasteiger partial charge in [0, 0.05) is 19.9 Å². The molecule has 4 N–H and O–H groups in total. The molecule has 1 aromatic rings. The van der Waals surface area contributed by atoms with Crippen molar-refractivity contribution in [2.24, 2.45) is 5.73 Å². The van der Waals surface area contributed by atoms with Gasteiger partial charge in [-0.05, 0) is 35.4 Å². The lowest BCUT2D eigenvalue weighted by atomic mass is 9.93. The average Bonchev–Trinajstić information content (AvgIpc) is 2.40. The fourth-order valence-electron chi connectivity index (χ4n) is 1.97. The van der Waals surface area contributed by atoms with Crippen LogP contribution < -0.4 is 11.5 Å². The van der Waals surface area contributed by atoms with Crippen LogP contribution in [0.2, 0.25) is 0 Å². The summed E-state index contributed by atoms with van der Waals surface area (Å²) in [7, 11) is 3.18. The van der Waals surface area contributed by atoms with E-state index in [-0.39, 0.29) is 6.10 Å². The van der Waals surface area contributed by atoms with Crippen LogP contribution in [0.4, 0.5) is 5.69 Å². The Morgan fingerprint density at radius 1 is 1.17 bits per heavy atom. The van der Waals surface area contributed by atoms with Gasteiger partial charge in [0.2, 0.25) is 0 Å². The highest BCUT2D eigenvalue weighted by Gasteiger charge is 2.34. The van der Waals surface area contributed by atoms with E-state index in [9.17, 15) is 0 Å². The normalized spacial score (nSPS) is 27.1. The highest BCUT2D eigenvalue weighted by atomic mass is 16.5. The minimum absolute atomic E-state index is 0.319. The second-order valence-electron chi connectivity index (χ2n) is 4.29. The fraction of sp³-hybridized carbons (Fsp3) is 0.286. The third-order valence-corrected chi connectivity index (χ3v) is 3.15. The highest BCUT2D eigenvalue weighted by Crippen LogP contribution is 2.28. The standard InChI is InChI=1S/C14H18N2O2/c1-17-13-9-11(7-8-14(13,16)18-2)10-3-5-12(15)6-4-10/h3-9,13H,15-16H2,1-2H3. The molecule has 0 radical (unpaired) electrons. The van der Waals surface area contributed by atoms with Gasteiger partial charge in [-0.1, -0.05) is 18.2 Å². The number of allylic oxidation sites excluding steroid dienone is 2. The Labute approximate surface area is 107 Å². The van der Waals surface area contributed by atoms with Gasteiger partial charge in [0.25, 0.3) is 0 Å². The first kappa shape index (κ1) is 12.8. The van der Waals surface area contributed by atoms with Crippen LogP contribution in [0, 0.1) is 0 Å². The lowest BCUT2D eigenvalue weighted by Crippen LogP contribution is -2.51. The summed E-state index contributed by atoms with van der Waals surface area (Å²) in [5, 5.41) is 0. The summed E-state index contributed by atoms with van der Waals surface area (Å²) in [6.45, 7) is 0. The summed E-state index contributed by atoms with van der Waals surface area (Å²) in [6.07, 6.45) is 5.38. The molecule has 0 saturated heterocycles. The molecule has 0 saturated carbocycles. The van der Waals surface area contributed by atoms with Gasteiger partial charge < -0.3 is 15.2 Å². The molecule has 1 aromatic carbocycles. The van der Waals surface area contributed by atoms with Gasteiger partial charge in [-0.3, -0.25) is 5.73 Å². The molecule has 0 spiro atoms. The van der Waals surface area contributed by atoms with Crippen molar-refractivity contribution >= 4 is 11.3 Å². The van der Waals surface area contributed by atoms with Crippen molar-refractivity contribution in [3.63, 3.8) is 0 Å². The number of hydrogen-bond donors (Lipinski definition) is 2. The molecular weight excluding hydrogens is 228 g/mol. The monoisotopic (exact) mass is 246 g/mol. The van der Waals surface area contributed by atoms with Crippen molar-refractivity contribution in [3.8, 4) is 0 Å². The number of benzene rings is 1. The van der Waals surface area contributed by atoms with E-state index in [0.29, 0.717) is 0 Å². The predicted molar refractivity (Wildman–Crippen MR) is 72.7 cm³/mol. The Balaban J connectivity index is 2.32. The zero-order valence-corrected chi connectivity index (χ0v) is 10.6. The van der Waals surface area contributed by atoms with Crippen molar-refractivity contribution < 1.29 is 9.47 Å². The topological polar surface area (TPSA) is 70.5 Å². The average molecular weight is 246 g/mol. The fourth-order valence-corrected chi connectivity index (χ4v) is 1.97. The van der Waals surface area contributed by atoms with Gasteiger partial charge in [-0.2, -0.15) is 0 Å². The zero-order valence-electron chi connectivity index (χ0n) is 10.6. The van der Waals surface area contributed by atoms with Gasteiger partial charge in [-0.25, -0.2) is 0 Å². The van der Waals surface area contributed by atoms with Gasteiger partial charge >= 0.3 is 0 Å². The largest absolute Gasteiger partial charge is 0.399 e. The Kier molecular flexibility index (Phi) is 3.52. The maximum absolute atomic E-state index is 6.08. The first-order chi connectivity index (χ1) is 8.59. The number of nitrogens with two attached hydrogens (primary N) is 2. The second kappa shape index (κ2) is 4.94. The Morgan fingerprint density at radius 2 is 1.83 bits per heavy atom. The summed E-state index contributed by atoms with van der Waals surface area (Å²) in [6, 6.07) is 7.67. The molecule has 2 rings (SSSR count). The lowest BCUT2D eigenvalue weighted by Gasteiger charge is -2.33. The number of nitrogen functional groups attached to an aromatic ring is 1. The minimum Gasteiger partial charge on any atom is -0.399 e. The molecule has 0 heterocycles. The number of anilines is 1. The lowest BCUT2D eigenvalue weighted by molar-refractivity contribution is -0.0619. The molecule has 1 aliphatic rings. The maximum Gasteiger partial charge on any atom is 0.165 e. The first-order valence-corrected chi connectivity index (χ1v) is 5.73. The van der Waals surface area contributed by atoms with Crippen molar-refractivity contribution in [1.82, 2.24) is 0 Å².